The van der Waals surface area contributed by atoms with Crippen molar-refractivity contribution < 1.29 is 14.2 Å². The minimum atomic E-state index is 0.174. The fraction of sp³-hybridized carbons (Fsp3) is 0.381. The Morgan fingerprint density at radius 3 is 2.24 bits per heavy atom. The van der Waals surface area contributed by atoms with Gasteiger partial charge in [0.25, 0.3) is 0 Å². The number of rotatable bonds is 8. The molecular formula is C21H25NO3. The maximum Gasteiger partial charge on any atom is 0.162 e. The van der Waals surface area contributed by atoms with E-state index < -0.39 is 0 Å². The first-order chi connectivity index (χ1) is 12.0. The third-order valence-electron chi connectivity index (χ3n) is 4.42. The van der Waals surface area contributed by atoms with Crippen LogP contribution < -0.4 is 14.2 Å². The molecule has 25 heavy (non-hydrogen) atoms. The van der Waals surface area contributed by atoms with E-state index in [4.69, 9.17) is 19.5 Å². The molecule has 0 amide bonds. The molecule has 0 bridgehead atoms. The summed E-state index contributed by atoms with van der Waals surface area (Å²) in [4.78, 5) is 0. The monoisotopic (exact) mass is 339 g/mol. The molecule has 2 aromatic carbocycles. The average molecular weight is 339 g/mol. The van der Waals surface area contributed by atoms with Crippen LogP contribution in [0.1, 0.15) is 38.3 Å². The van der Waals surface area contributed by atoms with E-state index >= 15 is 0 Å². The first-order valence-electron chi connectivity index (χ1n) is 8.44. The van der Waals surface area contributed by atoms with E-state index in [1.54, 1.807) is 25.3 Å². The largest absolute Gasteiger partial charge is 0.493 e. The zero-order chi connectivity index (χ0) is 18.3. The Hall–Kier alpha value is -2.67. The van der Waals surface area contributed by atoms with Crippen LogP contribution in [0, 0.1) is 11.3 Å². The molecule has 0 aliphatic rings. The summed E-state index contributed by atoms with van der Waals surface area (Å²) in [5.41, 5.74) is 2.02. The summed E-state index contributed by atoms with van der Waals surface area (Å²) in [6, 6.07) is 15.4. The molecule has 0 saturated carbocycles. The van der Waals surface area contributed by atoms with Gasteiger partial charge in [-0.1, -0.05) is 32.9 Å². The minimum Gasteiger partial charge on any atom is -0.493 e. The number of methoxy groups -OCH3 is 1. The second-order valence-corrected chi connectivity index (χ2v) is 6.44. The summed E-state index contributed by atoms with van der Waals surface area (Å²) in [6.45, 7) is 7.49. The van der Waals surface area contributed by atoms with Crippen molar-refractivity contribution in [3.63, 3.8) is 0 Å². The van der Waals surface area contributed by atoms with Crippen molar-refractivity contribution in [2.75, 3.05) is 20.3 Å². The van der Waals surface area contributed by atoms with E-state index in [9.17, 15) is 0 Å². The van der Waals surface area contributed by atoms with Gasteiger partial charge in [-0.05, 0) is 41.7 Å². The molecule has 0 aromatic heterocycles. The molecule has 0 N–H and O–H groups in total. The highest BCUT2D eigenvalue weighted by atomic mass is 16.5. The summed E-state index contributed by atoms with van der Waals surface area (Å²) in [7, 11) is 1.55. The summed E-state index contributed by atoms with van der Waals surface area (Å²) < 4.78 is 16.7. The summed E-state index contributed by atoms with van der Waals surface area (Å²) in [5.74, 6) is 1.97. The second kappa shape index (κ2) is 8.43. The molecule has 4 heteroatoms. The van der Waals surface area contributed by atoms with Crippen LogP contribution in [0.2, 0.25) is 0 Å². The molecule has 2 aromatic rings. The van der Waals surface area contributed by atoms with Crippen molar-refractivity contribution in [3.05, 3.63) is 53.6 Å². The second-order valence-electron chi connectivity index (χ2n) is 6.44. The van der Waals surface area contributed by atoms with Crippen molar-refractivity contribution in [3.8, 4) is 23.3 Å². The summed E-state index contributed by atoms with van der Waals surface area (Å²) >= 11 is 0. The Bertz CT molecular complexity index is 730. The lowest BCUT2D eigenvalue weighted by molar-refractivity contribution is 0.211. The lowest BCUT2D eigenvalue weighted by Gasteiger charge is -2.23. The van der Waals surface area contributed by atoms with Gasteiger partial charge in [0.1, 0.15) is 19.0 Å². The van der Waals surface area contributed by atoms with Gasteiger partial charge in [-0.25, -0.2) is 0 Å². The van der Waals surface area contributed by atoms with Crippen molar-refractivity contribution in [2.45, 2.75) is 32.6 Å². The van der Waals surface area contributed by atoms with E-state index in [1.165, 1.54) is 5.56 Å². The number of hydrogen-bond acceptors (Lipinski definition) is 4. The zero-order valence-corrected chi connectivity index (χ0v) is 15.3. The maximum atomic E-state index is 8.91. The van der Waals surface area contributed by atoms with E-state index in [0.29, 0.717) is 30.3 Å². The summed E-state index contributed by atoms with van der Waals surface area (Å²) in [5, 5.41) is 8.91. The van der Waals surface area contributed by atoms with Gasteiger partial charge in [-0.15, -0.1) is 0 Å². The highest BCUT2D eigenvalue weighted by molar-refractivity contribution is 5.46. The van der Waals surface area contributed by atoms with Crippen LogP contribution >= 0.6 is 0 Å². The van der Waals surface area contributed by atoms with Crippen molar-refractivity contribution in [2.24, 2.45) is 0 Å². The highest BCUT2D eigenvalue weighted by Gasteiger charge is 2.17. The lowest BCUT2D eigenvalue weighted by Crippen LogP contribution is -2.15. The fourth-order valence-corrected chi connectivity index (χ4v) is 2.37. The van der Waals surface area contributed by atoms with Gasteiger partial charge in [-0.3, -0.25) is 0 Å². The number of benzene rings is 2. The highest BCUT2D eigenvalue weighted by Crippen LogP contribution is 2.29. The van der Waals surface area contributed by atoms with Crippen molar-refractivity contribution in [1.82, 2.24) is 0 Å². The number of hydrogen-bond donors (Lipinski definition) is 0. The van der Waals surface area contributed by atoms with Gasteiger partial charge >= 0.3 is 0 Å². The first-order valence-corrected chi connectivity index (χ1v) is 8.44. The third-order valence-corrected chi connectivity index (χ3v) is 4.42. The molecule has 0 spiro atoms. The van der Waals surface area contributed by atoms with Gasteiger partial charge in [-0.2, -0.15) is 5.26 Å². The molecule has 0 heterocycles. The van der Waals surface area contributed by atoms with Crippen molar-refractivity contribution >= 4 is 0 Å². The number of nitriles is 1. The molecule has 0 aliphatic heterocycles. The number of ether oxygens (including phenoxy) is 3. The van der Waals surface area contributed by atoms with Gasteiger partial charge in [0, 0.05) is 6.07 Å². The predicted octanol–water partition coefficient (Wildman–Crippen LogP) is 4.71. The maximum absolute atomic E-state index is 8.91. The predicted molar refractivity (Wildman–Crippen MR) is 98.5 cm³/mol. The van der Waals surface area contributed by atoms with Gasteiger partial charge < -0.3 is 14.2 Å². The fourth-order valence-electron chi connectivity index (χ4n) is 2.37. The molecule has 0 saturated heterocycles. The molecule has 132 valence electrons. The van der Waals surface area contributed by atoms with Crippen LogP contribution in [-0.2, 0) is 5.41 Å². The third kappa shape index (κ3) is 4.90. The molecular weight excluding hydrogens is 314 g/mol. The van der Waals surface area contributed by atoms with Crippen LogP contribution in [0.25, 0.3) is 0 Å². The van der Waals surface area contributed by atoms with Crippen molar-refractivity contribution in [1.29, 1.82) is 5.26 Å². The Morgan fingerprint density at radius 2 is 1.64 bits per heavy atom. The Morgan fingerprint density at radius 1 is 0.960 bits per heavy atom. The van der Waals surface area contributed by atoms with E-state index in [2.05, 4.69) is 39.0 Å². The molecule has 2 rings (SSSR count). The van der Waals surface area contributed by atoms with Crippen LogP contribution in [0.4, 0.5) is 0 Å². The van der Waals surface area contributed by atoms with E-state index in [0.717, 1.165) is 12.2 Å². The Kier molecular flexibility index (Phi) is 6.30. The molecule has 0 unspecified atom stereocenters. The van der Waals surface area contributed by atoms with Crippen LogP contribution in [0.15, 0.2) is 42.5 Å². The molecule has 0 atom stereocenters. The van der Waals surface area contributed by atoms with Gasteiger partial charge in [0.05, 0.1) is 18.7 Å². The quantitative estimate of drug-likeness (QED) is 0.653. The van der Waals surface area contributed by atoms with Crippen LogP contribution in [0.3, 0.4) is 0 Å². The topological polar surface area (TPSA) is 51.5 Å². The summed E-state index contributed by atoms with van der Waals surface area (Å²) in [6.07, 6.45) is 1.09. The van der Waals surface area contributed by atoms with Gasteiger partial charge in [0.15, 0.2) is 11.5 Å². The zero-order valence-electron chi connectivity index (χ0n) is 15.3. The average Bonchev–Trinajstić information content (AvgIpc) is 2.65. The first kappa shape index (κ1) is 18.7. The Labute approximate surface area is 150 Å². The lowest BCUT2D eigenvalue weighted by atomic mass is 9.82. The van der Waals surface area contributed by atoms with Crippen LogP contribution in [0.5, 0.6) is 17.2 Å². The van der Waals surface area contributed by atoms with Crippen LogP contribution in [-0.4, -0.2) is 20.3 Å². The number of nitrogens with zero attached hydrogens (tertiary/aromatic N) is 1. The standard InChI is InChI=1S/C21H25NO3/c1-5-21(2,3)17-7-9-18(10-8-17)24-12-13-25-19-11-6-16(15-22)14-20(19)23-4/h6-11,14H,5,12-13H2,1-4H3. The molecule has 0 fully saturated rings. The molecule has 0 radical (unpaired) electrons. The minimum absolute atomic E-state index is 0.174. The van der Waals surface area contributed by atoms with E-state index in [-0.39, 0.29) is 5.41 Å². The molecule has 0 aliphatic carbocycles. The Balaban J connectivity index is 1.87. The van der Waals surface area contributed by atoms with Gasteiger partial charge in [0.2, 0.25) is 0 Å². The SMILES string of the molecule is CCC(C)(C)c1ccc(OCCOc2ccc(C#N)cc2OC)cc1. The normalized spacial score (nSPS) is 10.8. The smallest absolute Gasteiger partial charge is 0.162 e. The van der Waals surface area contributed by atoms with E-state index in [1.807, 2.05) is 12.1 Å². The molecule has 4 nitrogen and oxygen atoms in total.